The lowest BCUT2D eigenvalue weighted by Gasteiger charge is -2.08. The third kappa shape index (κ3) is 5.27. The average Bonchev–Trinajstić information content (AvgIpc) is 2.65. The van der Waals surface area contributed by atoms with Gasteiger partial charge in [0.05, 0.1) is 6.42 Å². The number of nitrogens with one attached hydrogen (secondary N) is 2. The Morgan fingerprint density at radius 3 is 2.52 bits per heavy atom. The summed E-state index contributed by atoms with van der Waals surface area (Å²) in [5, 5.41) is 3.22. The summed E-state index contributed by atoms with van der Waals surface area (Å²) in [5.74, 6) is -0.0103. The molecule has 0 aliphatic rings. The molecule has 1 heterocycles. The zero-order chi connectivity index (χ0) is 19.2. The van der Waals surface area contributed by atoms with Gasteiger partial charge in [-0.3, -0.25) is 9.59 Å². The Hall–Kier alpha value is -2.93. The smallest absolute Gasteiger partial charge is 0.255 e. The summed E-state index contributed by atoms with van der Waals surface area (Å²) in [6, 6.07) is 15.2. The number of carbonyl (C=O) groups excluding carboxylic acids is 1. The van der Waals surface area contributed by atoms with Crippen molar-refractivity contribution in [3.63, 3.8) is 0 Å². The molecule has 0 aliphatic carbocycles. The molecule has 0 saturated heterocycles. The summed E-state index contributed by atoms with van der Waals surface area (Å²) >= 11 is 1.35. The molecule has 0 bridgehead atoms. The number of carbonyl (C=O) groups is 1. The summed E-state index contributed by atoms with van der Waals surface area (Å²) in [6.07, 6.45) is -0.0496. The summed E-state index contributed by atoms with van der Waals surface area (Å²) in [6.45, 7) is 1.71. The number of aromatic nitrogens is 2. The van der Waals surface area contributed by atoms with Crippen LogP contribution in [-0.4, -0.2) is 15.9 Å². The minimum atomic E-state index is -0.327. The maximum absolute atomic E-state index is 12.9. The number of para-hydroxylation sites is 1. The minimum Gasteiger partial charge on any atom is -0.326 e. The zero-order valence-corrected chi connectivity index (χ0v) is 15.5. The van der Waals surface area contributed by atoms with Crippen LogP contribution in [0.3, 0.4) is 0 Å². The second kappa shape index (κ2) is 8.64. The van der Waals surface area contributed by atoms with Crippen molar-refractivity contribution in [3.8, 4) is 0 Å². The molecule has 2 N–H and O–H groups in total. The van der Waals surface area contributed by atoms with Crippen LogP contribution >= 0.6 is 11.8 Å². The number of anilines is 1. The lowest BCUT2D eigenvalue weighted by Crippen LogP contribution is -2.23. The molecule has 0 saturated carbocycles. The van der Waals surface area contributed by atoms with E-state index in [1.54, 1.807) is 31.2 Å². The number of benzene rings is 2. The number of rotatable bonds is 6. The Morgan fingerprint density at radius 2 is 1.85 bits per heavy atom. The van der Waals surface area contributed by atoms with Crippen molar-refractivity contribution in [2.24, 2.45) is 0 Å². The molecule has 3 aromatic rings. The molecule has 3 rings (SSSR count). The highest BCUT2D eigenvalue weighted by Crippen LogP contribution is 2.19. The molecule has 2 aromatic carbocycles. The molecule has 7 heteroatoms. The van der Waals surface area contributed by atoms with Crippen LogP contribution in [-0.2, 0) is 17.0 Å². The minimum absolute atomic E-state index is 0.0496. The summed E-state index contributed by atoms with van der Waals surface area (Å²) < 4.78 is 12.9. The fourth-order valence-corrected chi connectivity index (χ4v) is 3.34. The van der Waals surface area contributed by atoms with Gasteiger partial charge in [0.1, 0.15) is 5.82 Å². The van der Waals surface area contributed by atoms with Crippen LogP contribution < -0.4 is 10.9 Å². The first kappa shape index (κ1) is 18.8. The van der Waals surface area contributed by atoms with Crippen molar-refractivity contribution in [2.75, 3.05) is 5.32 Å². The Balaban J connectivity index is 1.66. The Bertz CT molecular complexity index is 988. The van der Waals surface area contributed by atoms with Gasteiger partial charge in [-0.15, -0.1) is 0 Å². The number of amides is 1. The van der Waals surface area contributed by atoms with E-state index in [9.17, 15) is 14.0 Å². The maximum Gasteiger partial charge on any atom is 0.255 e. The first-order valence-electron chi connectivity index (χ1n) is 8.33. The number of hydrogen-bond donors (Lipinski definition) is 2. The highest BCUT2D eigenvalue weighted by molar-refractivity contribution is 7.98. The molecule has 0 radical (unpaired) electrons. The van der Waals surface area contributed by atoms with Crippen LogP contribution in [0.4, 0.5) is 10.1 Å². The predicted molar refractivity (Wildman–Crippen MR) is 104 cm³/mol. The topological polar surface area (TPSA) is 74.8 Å². The highest BCUT2D eigenvalue weighted by atomic mass is 32.2. The van der Waals surface area contributed by atoms with Gasteiger partial charge in [0.2, 0.25) is 5.91 Å². The zero-order valence-electron chi connectivity index (χ0n) is 14.7. The summed E-state index contributed by atoms with van der Waals surface area (Å²) in [5.41, 5.74) is 2.13. The van der Waals surface area contributed by atoms with Gasteiger partial charge in [0, 0.05) is 22.7 Å². The molecule has 1 aromatic heterocycles. The largest absolute Gasteiger partial charge is 0.326 e. The third-order valence-electron chi connectivity index (χ3n) is 3.88. The third-order valence-corrected chi connectivity index (χ3v) is 4.83. The van der Waals surface area contributed by atoms with Crippen LogP contribution in [0.1, 0.15) is 16.8 Å². The molecule has 5 nitrogen and oxygen atoms in total. The molecule has 0 fully saturated rings. The first-order chi connectivity index (χ1) is 13.0. The number of thioether (sulfide) groups is 1. The molecule has 0 spiro atoms. The van der Waals surface area contributed by atoms with Crippen molar-refractivity contribution < 1.29 is 9.18 Å². The van der Waals surface area contributed by atoms with Gasteiger partial charge in [0.25, 0.3) is 5.56 Å². The van der Waals surface area contributed by atoms with E-state index >= 15 is 0 Å². The molecule has 138 valence electrons. The normalized spacial score (nSPS) is 10.6. The van der Waals surface area contributed by atoms with Crippen LogP contribution in [0.2, 0.25) is 0 Å². The van der Waals surface area contributed by atoms with Crippen molar-refractivity contribution in [2.45, 2.75) is 24.3 Å². The van der Waals surface area contributed by atoms with E-state index < -0.39 is 0 Å². The Morgan fingerprint density at radius 1 is 1.15 bits per heavy atom. The van der Waals surface area contributed by atoms with Crippen molar-refractivity contribution >= 4 is 23.4 Å². The van der Waals surface area contributed by atoms with E-state index in [2.05, 4.69) is 15.3 Å². The summed E-state index contributed by atoms with van der Waals surface area (Å²) in [4.78, 5) is 31.6. The van der Waals surface area contributed by atoms with E-state index in [0.29, 0.717) is 27.9 Å². The van der Waals surface area contributed by atoms with Crippen molar-refractivity contribution in [1.82, 2.24) is 9.97 Å². The van der Waals surface area contributed by atoms with Crippen molar-refractivity contribution in [1.29, 1.82) is 0 Å². The molecule has 0 aliphatic heterocycles. The number of H-pyrrole nitrogens is 1. The Kier molecular flexibility index (Phi) is 6.03. The summed E-state index contributed by atoms with van der Waals surface area (Å²) in [7, 11) is 0. The van der Waals surface area contributed by atoms with Crippen LogP contribution in [0, 0.1) is 12.7 Å². The van der Waals surface area contributed by atoms with E-state index in [0.717, 1.165) is 5.56 Å². The van der Waals surface area contributed by atoms with Gasteiger partial charge in [-0.05, 0) is 36.8 Å². The fraction of sp³-hybridized carbons (Fsp3) is 0.150. The van der Waals surface area contributed by atoms with Crippen LogP contribution in [0.25, 0.3) is 0 Å². The van der Waals surface area contributed by atoms with Crippen molar-refractivity contribution in [3.05, 3.63) is 87.6 Å². The monoisotopic (exact) mass is 383 g/mol. The lowest BCUT2D eigenvalue weighted by atomic mass is 10.1. The van der Waals surface area contributed by atoms with E-state index in [1.807, 2.05) is 18.2 Å². The number of aromatic amines is 1. The van der Waals surface area contributed by atoms with Gasteiger partial charge in [-0.1, -0.05) is 42.1 Å². The molecule has 0 unspecified atom stereocenters. The van der Waals surface area contributed by atoms with E-state index in [4.69, 9.17) is 0 Å². The lowest BCUT2D eigenvalue weighted by molar-refractivity contribution is -0.115. The van der Waals surface area contributed by atoms with Gasteiger partial charge in [-0.25, -0.2) is 9.37 Å². The molecule has 27 heavy (non-hydrogen) atoms. The predicted octanol–water partition coefficient (Wildman–Crippen LogP) is 3.69. The molecule has 0 atom stereocenters. The standard InChI is InChI=1S/C20H18FN3O2S/c1-13-17(11-18(25)23-16-5-3-2-4-6-16)19(26)24-20(22-13)27-12-14-7-9-15(21)10-8-14/h2-10H,11-12H2,1H3,(H,23,25)(H,22,24,26). The van der Waals surface area contributed by atoms with Crippen LogP contribution in [0.5, 0.6) is 0 Å². The van der Waals surface area contributed by atoms with Gasteiger partial charge < -0.3 is 10.3 Å². The average molecular weight is 383 g/mol. The molecular weight excluding hydrogens is 365 g/mol. The fourth-order valence-electron chi connectivity index (χ4n) is 2.48. The molecule has 1 amide bonds. The number of hydrogen-bond acceptors (Lipinski definition) is 4. The van der Waals surface area contributed by atoms with E-state index in [1.165, 1.54) is 23.9 Å². The quantitative estimate of drug-likeness (QED) is 0.503. The second-order valence-electron chi connectivity index (χ2n) is 5.94. The van der Waals surface area contributed by atoms with Gasteiger partial charge in [0.15, 0.2) is 5.16 Å². The second-order valence-corrected chi connectivity index (χ2v) is 6.91. The number of halogens is 1. The highest BCUT2D eigenvalue weighted by Gasteiger charge is 2.13. The van der Waals surface area contributed by atoms with Gasteiger partial charge >= 0.3 is 0 Å². The van der Waals surface area contributed by atoms with E-state index in [-0.39, 0.29) is 23.7 Å². The molecular formula is C20H18FN3O2S. The first-order valence-corrected chi connectivity index (χ1v) is 9.32. The Labute approximate surface area is 160 Å². The van der Waals surface area contributed by atoms with Crippen LogP contribution in [0.15, 0.2) is 64.5 Å². The number of aryl methyl sites for hydroxylation is 1. The maximum atomic E-state index is 12.9. The SMILES string of the molecule is Cc1nc(SCc2ccc(F)cc2)[nH]c(=O)c1CC(=O)Nc1ccccc1. The number of nitrogens with zero attached hydrogens (tertiary/aromatic N) is 1. The van der Waals surface area contributed by atoms with Gasteiger partial charge in [-0.2, -0.15) is 0 Å².